The normalized spacial score (nSPS) is 13.1. The van der Waals surface area contributed by atoms with Crippen LogP contribution >= 0.6 is 11.5 Å². The first-order valence-corrected chi connectivity index (χ1v) is 7.66. The molecule has 1 heterocycles. The Kier molecular flexibility index (Phi) is 5.27. The Morgan fingerprint density at radius 1 is 1.33 bits per heavy atom. The first kappa shape index (κ1) is 15.9. The number of nitrogens with zero attached hydrogens (tertiary/aromatic N) is 2. The molecule has 0 amide bonds. The summed E-state index contributed by atoms with van der Waals surface area (Å²) in [6.07, 6.45) is 1.15. The molecule has 1 unspecified atom stereocenters. The van der Waals surface area contributed by atoms with Crippen LogP contribution in [0.4, 0.5) is 0 Å². The molecule has 1 atom stereocenters. The third-order valence-electron chi connectivity index (χ3n) is 2.81. The zero-order valence-electron chi connectivity index (χ0n) is 12.5. The van der Waals surface area contributed by atoms with Gasteiger partial charge in [0.1, 0.15) is 18.5 Å². The van der Waals surface area contributed by atoms with E-state index in [0.29, 0.717) is 6.54 Å². The molecule has 0 aliphatic rings. The van der Waals surface area contributed by atoms with Gasteiger partial charge in [-0.3, -0.25) is 0 Å². The maximum atomic E-state index is 9.99. The summed E-state index contributed by atoms with van der Waals surface area (Å²) in [5, 5.41) is 17.1. The molecule has 2 N–H and O–H groups in total. The minimum Gasteiger partial charge on any atom is -0.490 e. The van der Waals surface area contributed by atoms with Crippen LogP contribution in [0, 0.1) is 0 Å². The molecule has 0 saturated heterocycles. The first-order valence-electron chi connectivity index (χ1n) is 6.88. The van der Waals surface area contributed by atoms with Crippen LogP contribution in [0.3, 0.4) is 0 Å². The molecule has 0 fully saturated rings. The number of nitrogens with one attached hydrogen (secondary N) is 1. The Morgan fingerprint density at radius 3 is 2.76 bits per heavy atom. The molecular weight excluding hydrogens is 286 g/mol. The Hall–Kier alpha value is -1.50. The van der Waals surface area contributed by atoms with Crippen molar-refractivity contribution in [3.63, 3.8) is 0 Å². The summed E-state index contributed by atoms with van der Waals surface area (Å²) in [7, 11) is 0. The summed E-state index contributed by atoms with van der Waals surface area (Å²) in [6.45, 7) is 6.92. The molecule has 5 nitrogen and oxygen atoms in total. The quantitative estimate of drug-likeness (QED) is 0.857. The van der Waals surface area contributed by atoms with Crippen molar-refractivity contribution in [3.8, 4) is 16.2 Å². The molecule has 21 heavy (non-hydrogen) atoms. The SMILES string of the molecule is CC(C)(C)NCC(O)COc1ccccc1-c1cnns1. The lowest BCUT2D eigenvalue weighted by Crippen LogP contribution is -2.42. The van der Waals surface area contributed by atoms with E-state index in [-0.39, 0.29) is 12.1 Å². The molecule has 0 saturated carbocycles. The number of hydrogen-bond acceptors (Lipinski definition) is 6. The van der Waals surface area contributed by atoms with Gasteiger partial charge >= 0.3 is 0 Å². The maximum absolute atomic E-state index is 9.99. The molecular formula is C15H21N3O2S. The molecule has 0 aliphatic heterocycles. The van der Waals surface area contributed by atoms with E-state index in [9.17, 15) is 5.11 Å². The van der Waals surface area contributed by atoms with Crippen molar-refractivity contribution in [2.45, 2.75) is 32.4 Å². The topological polar surface area (TPSA) is 67.3 Å². The first-order chi connectivity index (χ1) is 9.96. The second kappa shape index (κ2) is 6.98. The van der Waals surface area contributed by atoms with Crippen molar-refractivity contribution in [3.05, 3.63) is 30.5 Å². The van der Waals surface area contributed by atoms with Crippen molar-refractivity contribution < 1.29 is 9.84 Å². The van der Waals surface area contributed by atoms with Crippen LogP contribution < -0.4 is 10.1 Å². The fraction of sp³-hybridized carbons (Fsp3) is 0.467. The highest BCUT2D eigenvalue weighted by Gasteiger charge is 2.14. The zero-order chi connectivity index (χ0) is 15.3. The molecule has 114 valence electrons. The average Bonchev–Trinajstić information content (AvgIpc) is 2.96. The van der Waals surface area contributed by atoms with Gasteiger partial charge in [-0.15, -0.1) is 5.10 Å². The number of aliphatic hydroxyl groups excluding tert-OH is 1. The van der Waals surface area contributed by atoms with Gasteiger partial charge in [0.15, 0.2) is 0 Å². The molecule has 6 heteroatoms. The number of aromatic nitrogens is 2. The third-order valence-corrected chi connectivity index (χ3v) is 3.51. The fourth-order valence-electron chi connectivity index (χ4n) is 1.75. The molecule has 0 spiro atoms. The lowest BCUT2D eigenvalue weighted by molar-refractivity contribution is 0.100. The van der Waals surface area contributed by atoms with Gasteiger partial charge in [-0.1, -0.05) is 16.6 Å². The summed E-state index contributed by atoms with van der Waals surface area (Å²) in [5.41, 5.74) is 0.927. The molecule has 2 aromatic rings. The number of β-amino-alcohol motifs (C(OH)–C–C–N with tert-alkyl or cyclic N) is 1. The highest BCUT2D eigenvalue weighted by Crippen LogP contribution is 2.31. The predicted octanol–water partition coefficient (Wildman–Crippen LogP) is 2.33. The smallest absolute Gasteiger partial charge is 0.128 e. The van der Waals surface area contributed by atoms with Gasteiger partial charge in [0, 0.05) is 17.6 Å². The third kappa shape index (κ3) is 5.08. The van der Waals surface area contributed by atoms with Gasteiger partial charge in [0.25, 0.3) is 0 Å². The summed E-state index contributed by atoms with van der Waals surface area (Å²) < 4.78 is 9.62. The molecule has 0 radical (unpaired) electrons. The number of rotatable bonds is 6. The van der Waals surface area contributed by atoms with E-state index >= 15 is 0 Å². The van der Waals surface area contributed by atoms with Gasteiger partial charge in [-0.05, 0) is 44.4 Å². The van der Waals surface area contributed by atoms with E-state index in [1.54, 1.807) is 6.20 Å². The van der Waals surface area contributed by atoms with Gasteiger partial charge in [-0.25, -0.2) is 0 Å². The Balaban J connectivity index is 1.95. The van der Waals surface area contributed by atoms with Gasteiger partial charge in [0.05, 0.1) is 11.1 Å². The number of para-hydroxylation sites is 1. The van der Waals surface area contributed by atoms with E-state index in [1.165, 1.54) is 11.5 Å². The Labute approximate surface area is 129 Å². The number of benzene rings is 1. The standard InChI is InChI=1S/C15H21N3O2S/c1-15(2,3)16-8-11(19)10-20-13-7-5-4-6-12(13)14-9-17-18-21-14/h4-7,9,11,16,19H,8,10H2,1-3H3. The number of ether oxygens (including phenoxy) is 1. The van der Waals surface area contributed by atoms with Crippen LogP contribution in [0.15, 0.2) is 30.5 Å². The second-order valence-electron chi connectivity index (χ2n) is 5.87. The molecule has 2 rings (SSSR count). The van der Waals surface area contributed by atoms with Crippen LogP contribution in [-0.2, 0) is 0 Å². The Bertz CT molecular complexity index is 552. The summed E-state index contributed by atoms with van der Waals surface area (Å²) >= 11 is 1.32. The lowest BCUT2D eigenvalue weighted by Gasteiger charge is -2.23. The minimum atomic E-state index is -0.558. The van der Waals surface area contributed by atoms with Gasteiger partial charge < -0.3 is 15.2 Å². The second-order valence-corrected chi connectivity index (χ2v) is 6.66. The van der Waals surface area contributed by atoms with Crippen molar-refractivity contribution in [2.24, 2.45) is 0 Å². The molecule has 0 aliphatic carbocycles. The largest absolute Gasteiger partial charge is 0.490 e. The van der Waals surface area contributed by atoms with Crippen LogP contribution in [0.5, 0.6) is 5.75 Å². The molecule has 1 aromatic heterocycles. The van der Waals surface area contributed by atoms with Crippen LogP contribution in [0.2, 0.25) is 0 Å². The monoisotopic (exact) mass is 307 g/mol. The van der Waals surface area contributed by atoms with Gasteiger partial charge in [0.2, 0.25) is 0 Å². The van der Waals surface area contributed by atoms with Crippen LogP contribution in [0.1, 0.15) is 20.8 Å². The van der Waals surface area contributed by atoms with Crippen molar-refractivity contribution >= 4 is 11.5 Å². The fourth-order valence-corrected chi connectivity index (χ4v) is 2.29. The van der Waals surface area contributed by atoms with Crippen molar-refractivity contribution in [1.82, 2.24) is 14.9 Å². The number of aliphatic hydroxyl groups is 1. The number of hydrogen-bond donors (Lipinski definition) is 2. The zero-order valence-corrected chi connectivity index (χ0v) is 13.4. The van der Waals surface area contributed by atoms with Crippen molar-refractivity contribution in [1.29, 1.82) is 0 Å². The Morgan fingerprint density at radius 2 is 2.10 bits per heavy atom. The average molecular weight is 307 g/mol. The summed E-state index contributed by atoms with van der Waals surface area (Å²) in [6, 6.07) is 7.70. The molecule has 0 bridgehead atoms. The highest BCUT2D eigenvalue weighted by molar-refractivity contribution is 7.09. The van der Waals surface area contributed by atoms with Crippen LogP contribution in [0.25, 0.3) is 10.4 Å². The van der Waals surface area contributed by atoms with Crippen LogP contribution in [-0.4, -0.2) is 39.5 Å². The van der Waals surface area contributed by atoms with E-state index in [1.807, 2.05) is 24.3 Å². The maximum Gasteiger partial charge on any atom is 0.128 e. The van der Waals surface area contributed by atoms with E-state index in [4.69, 9.17) is 4.74 Å². The van der Waals surface area contributed by atoms with Crippen molar-refractivity contribution in [2.75, 3.05) is 13.2 Å². The van der Waals surface area contributed by atoms with E-state index in [0.717, 1.165) is 16.2 Å². The lowest BCUT2D eigenvalue weighted by atomic mass is 10.1. The minimum absolute atomic E-state index is 0.0206. The summed E-state index contributed by atoms with van der Waals surface area (Å²) in [5.74, 6) is 0.735. The van der Waals surface area contributed by atoms with E-state index < -0.39 is 6.10 Å². The predicted molar refractivity (Wildman–Crippen MR) is 84.6 cm³/mol. The highest BCUT2D eigenvalue weighted by atomic mass is 32.1. The molecule has 1 aromatic carbocycles. The van der Waals surface area contributed by atoms with Gasteiger partial charge in [-0.2, -0.15) is 0 Å². The van der Waals surface area contributed by atoms with E-state index in [2.05, 4.69) is 35.7 Å². The summed E-state index contributed by atoms with van der Waals surface area (Å²) in [4.78, 5) is 0.952.